The van der Waals surface area contributed by atoms with Crippen molar-refractivity contribution >= 4 is 35.0 Å². The molecule has 0 unspecified atom stereocenters. The van der Waals surface area contributed by atoms with E-state index in [9.17, 15) is 9.59 Å². The Kier molecular flexibility index (Phi) is 8.54. The van der Waals surface area contributed by atoms with Crippen molar-refractivity contribution in [2.75, 3.05) is 6.54 Å². The minimum absolute atomic E-state index is 0.121. The maximum Gasteiger partial charge on any atom is 0.242 e. The fourth-order valence-electron chi connectivity index (χ4n) is 3.07. The number of carbonyl (C=O) groups excluding carboxylic acids is 2. The van der Waals surface area contributed by atoms with Gasteiger partial charge in [-0.2, -0.15) is 0 Å². The summed E-state index contributed by atoms with van der Waals surface area (Å²) in [5.41, 5.74) is 3.86. The molecule has 0 saturated heterocycles. The van der Waals surface area contributed by atoms with Gasteiger partial charge in [0, 0.05) is 23.1 Å². The van der Waals surface area contributed by atoms with Crippen LogP contribution in [-0.4, -0.2) is 29.3 Å². The number of hydrogen-bond acceptors (Lipinski definition) is 2. The van der Waals surface area contributed by atoms with E-state index < -0.39 is 6.04 Å². The van der Waals surface area contributed by atoms with Gasteiger partial charge in [0.25, 0.3) is 0 Å². The van der Waals surface area contributed by atoms with E-state index in [1.807, 2.05) is 39.0 Å². The summed E-state index contributed by atoms with van der Waals surface area (Å²) in [6.45, 7) is 8.53. The van der Waals surface area contributed by atoms with Crippen molar-refractivity contribution in [2.45, 2.75) is 53.1 Å². The average Bonchev–Trinajstić information content (AvgIpc) is 2.67. The molecule has 2 rings (SSSR count). The maximum absolute atomic E-state index is 13.3. The normalized spacial score (nSPS) is 11.8. The Morgan fingerprint density at radius 3 is 2.45 bits per heavy atom. The molecule has 0 spiro atoms. The van der Waals surface area contributed by atoms with Crippen LogP contribution in [0.2, 0.25) is 10.0 Å². The van der Waals surface area contributed by atoms with Crippen LogP contribution >= 0.6 is 23.2 Å². The third-order valence-electron chi connectivity index (χ3n) is 4.92. The predicted octanol–water partition coefficient (Wildman–Crippen LogP) is 5.10. The van der Waals surface area contributed by atoms with Gasteiger partial charge in [0.05, 0.1) is 6.42 Å². The summed E-state index contributed by atoms with van der Waals surface area (Å²) in [5.74, 6) is -0.296. The zero-order chi connectivity index (χ0) is 21.6. The number of aryl methyl sites for hydroxylation is 2. The van der Waals surface area contributed by atoms with Gasteiger partial charge < -0.3 is 10.2 Å². The van der Waals surface area contributed by atoms with Crippen molar-refractivity contribution in [2.24, 2.45) is 0 Å². The molecule has 0 fully saturated rings. The summed E-state index contributed by atoms with van der Waals surface area (Å²) in [6.07, 6.45) is 1.06. The van der Waals surface area contributed by atoms with E-state index in [4.69, 9.17) is 23.2 Å². The minimum atomic E-state index is -0.620. The molecule has 0 radical (unpaired) electrons. The van der Waals surface area contributed by atoms with E-state index in [0.717, 1.165) is 28.7 Å². The first-order valence-electron chi connectivity index (χ1n) is 9.80. The first-order valence-corrected chi connectivity index (χ1v) is 10.6. The highest BCUT2D eigenvalue weighted by atomic mass is 35.5. The molecular formula is C23H28Cl2N2O2. The van der Waals surface area contributed by atoms with Crippen molar-refractivity contribution in [3.8, 4) is 0 Å². The van der Waals surface area contributed by atoms with Gasteiger partial charge in [-0.3, -0.25) is 9.59 Å². The molecule has 2 aromatic carbocycles. The molecule has 2 amide bonds. The Morgan fingerprint density at radius 2 is 1.79 bits per heavy atom. The molecule has 2 aromatic rings. The summed E-state index contributed by atoms with van der Waals surface area (Å²) >= 11 is 12.3. The summed E-state index contributed by atoms with van der Waals surface area (Å²) in [6, 6.07) is 10.6. The number of nitrogens with one attached hydrogen (secondary N) is 1. The highest BCUT2D eigenvalue weighted by Crippen LogP contribution is 2.24. The molecule has 1 N–H and O–H groups in total. The quantitative estimate of drug-likeness (QED) is 0.628. The van der Waals surface area contributed by atoms with Gasteiger partial charge in [-0.15, -0.1) is 0 Å². The molecular weight excluding hydrogens is 407 g/mol. The van der Waals surface area contributed by atoms with Crippen molar-refractivity contribution in [1.29, 1.82) is 0 Å². The second-order valence-electron chi connectivity index (χ2n) is 7.33. The number of rotatable bonds is 8. The lowest BCUT2D eigenvalue weighted by Crippen LogP contribution is -2.48. The molecule has 4 nitrogen and oxygen atoms in total. The molecule has 0 heterocycles. The van der Waals surface area contributed by atoms with Gasteiger partial charge in [-0.1, -0.05) is 60.0 Å². The molecule has 1 atom stereocenters. The lowest BCUT2D eigenvalue weighted by molar-refractivity contribution is -0.140. The van der Waals surface area contributed by atoms with Crippen LogP contribution in [0.3, 0.4) is 0 Å². The molecule has 0 aliphatic rings. The van der Waals surface area contributed by atoms with E-state index in [1.165, 1.54) is 0 Å². The van der Waals surface area contributed by atoms with Crippen LogP contribution < -0.4 is 5.32 Å². The van der Waals surface area contributed by atoms with Gasteiger partial charge in [0.15, 0.2) is 0 Å². The summed E-state index contributed by atoms with van der Waals surface area (Å²) in [7, 11) is 0. The van der Waals surface area contributed by atoms with Crippen LogP contribution in [0.5, 0.6) is 0 Å². The van der Waals surface area contributed by atoms with Gasteiger partial charge >= 0.3 is 0 Å². The molecule has 0 aromatic heterocycles. The standard InChI is InChI=1S/C23H28Cl2N2O2/c1-5-10-26-23(29)17(4)27(14-18-8-9-20(24)13-21(18)25)22(28)12-19-11-15(2)6-7-16(19)3/h6-9,11,13,17H,5,10,12,14H2,1-4H3,(H,26,29)/t17-/m1/s1. The van der Waals surface area contributed by atoms with Crippen LogP contribution in [0.1, 0.15) is 42.5 Å². The van der Waals surface area contributed by atoms with E-state index in [1.54, 1.807) is 30.0 Å². The van der Waals surface area contributed by atoms with Crippen LogP contribution in [0.4, 0.5) is 0 Å². The summed E-state index contributed by atoms with van der Waals surface area (Å²) < 4.78 is 0. The van der Waals surface area contributed by atoms with Crippen molar-refractivity contribution in [3.05, 3.63) is 68.7 Å². The zero-order valence-corrected chi connectivity index (χ0v) is 18.9. The van der Waals surface area contributed by atoms with Gasteiger partial charge in [0.2, 0.25) is 11.8 Å². The number of halogens is 2. The molecule has 156 valence electrons. The first kappa shape index (κ1) is 23.2. The smallest absolute Gasteiger partial charge is 0.242 e. The minimum Gasteiger partial charge on any atom is -0.354 e. The highest BCUT2D eigenvalue weighted by Gasteiger charge is 2.27. The molecule has 29 heavy (non-hydrogen) atoms. The topological polar surface area (TPSA) is 49.4 Å². The second kappa shape index (κ2) is 10.7. The SMILES string of the molecule is CCCNC(=O)[C@@H](C)N(Cc1ccc(Cl)cc1Cl)C(=O)Cc1cc(C)ccc1C. The fraction of sp³-hybridized carbons (Fsp3) is 0.391. The first-order chi connectivity index (χ1) is 13.7. The summed E-state index contributed by atoms with van der Waals surface area (Å²) in [5, 5.41) is 3.88. The number of hydrogen-bond donors (Lipinski definition) is 1. The summed E-state index contributed by atoms with van der Waals surface area (Å²) in [4.78, 5) is 27.4. The van der Waals surface area contributed by atoms with E-state index in [-0.39, 0.29) is 24.8 Å². The number of carbonyl (C=O) groups is 2. The van der Waals surface area contributed by atoms with E-state index >= 15 is 0 Å². The fourth-order valence-corrected chi connectivity index (χ4v) is 3.54. The monoisotopic (exact) mass is 434 g/mol. The Balaban J connectivity index is 2.30. The number of nitrogens with zero attached hydrogens (tertiary/aromatic N) is 1. The molecule has 0 aliphatic heterocycles. The third-order valence-corrected chi connectivity index (χ3v) is 5.51. The molecule has 0 saturated carbocycles. The van der Waals surface area contributed by atoms with E-state index in [0.29, 0.717) is 16.6 Å². The van der Waals surface area contributed by atoms with Crippen molar-refractivity contribution in [3.63, 3.8) is 0 Å². The largest absolute Gasteiger partial charge is 0.354 e. The van der Waals surface area contributed by atoms with Gasteiger partial charge in [-0.05, 0) is 56.0 Å². The Labute approximate surface area is 183 Å². The van der Waals surface area contributed by atoms with Gasteiger partial charge in [-0.25, -0.2) is 0 Å². The zero-order valence-electron chi connectivity index (χ0n) is 17.4. The van der Waals surface area contributed by atoms with Crippen LogP contribution in [0.25, 0.3) is 0 Å². The van der Waals surface area contributed by atoms with Crippen molar-refractivity contribution < 1.29 is 9.59 Å². The lowest BCUT2D eigenvalue weighted by atomic mass is 10.0. The maximum atomic E-state index is 13.3. The van der Waals surface area contributed by atoms with Gasteiger partial charge in [0.1, 0.15) is 6.04 Å². The Hall–Kier alpha value is -2.04. The average molecular weight is 435 g/mol. The Bertz CT molecular complexity index is 883. The third kappa shape index (κ3) is 6.48. The molecule has 0 bridgehead atoms. The highest BCUT2D eigenvalue weighted by molar-refractivity contribution is 6.35. The second-order valence-corrected chi connectivity index (χ2v) is 8.17. The van der Waals surface area contributed by atoms with Crippen LogP contribution in [-0.2, 0) is 22.6 Å². The molecule has 0 aliphatic carbocycles. The molecule has 6 heteroatoms. The van der Waals surface area contributed by atoms with E-state index in [2.05, 4.69) is 5.32 Å². The number of amides is 2. The van der Waals surface area contributed by atoms with Crippen LogP contribution in [0.15, 0.2) is 36.4 Å². The lowest BCUT2D eigenvalue weighted by Gasteiger charge is -2.29. The predicted molar refractivity (Wildman–Crippen MR) is 119 cm³/mol. The van der Waals surface area contributed by atoms with Crippen LogP contribution in [0, 0.1) is 13.8 Å². The number of benzene rings is 2. The Morgan fingerprint density at radius 1 is 1.07 bits per heavy atom. The van der Waals surface area contributed by atoms with Crippen molar-refractivity contribution in [1.82, 2.24) is 10.2 Å².